The van der Waals surface area contributed by atoms with Crippen LogP contribution in [-0.4, -0.2) is 32.1 Å². The molecule has 1 N–H and O–H groups in total. The van der Waals surface area contributed by atoms with Gasteiger partial charge in [-0.1, -0.05) is 31.5 Å². The van der Waals surface area contributed by atoms with Crippen LogP contribution in [0, 0.1) is 5.41 Å². The fraction of sp³-hybridized carbons (Fsp3) is 0.600. The van der Waals surface area contributed by atoms with Crippen LogP contribution >= 0.6 is 11.6 Å². The summed E-state index contributed by atoms with van der Waals surface area (Å²) in [5.74, 6) is 0. The van der Waals surface area contributed by atoms with E-state index in [4.69, 9.17) is 11.6 Å². The SMILES string of the molecule is CN(C)CCNC1c2cc(Cl)ccc2CC1(C)C. The van der Waals surface area contributed by atoms with Crippen molar-refractivity contribution in [3.8, 4) is 0 Å². The Hall–Kier alpha value is -0.570. The van der Waals surface area contributed by atoms with Crippen LogP contribution in [0.3, 0.4) is 0 Å². The second-order valence-corrected chi connectivity index (χ2v) is 6.64. The second kappa shape index (κ2) is 5.20. The number of halogens is 1. The van der Waals surface area contributed by atoms with Gasteiger partial charge in [0, 0.05) is 24.2 Å². The van der Waals surface area contributed by atoms with Crippen molar-refractivity contribution in [3.05, 3.63) is 34.3 Å². The van der Waals surface area contributed by atoms with E-state index in [1.165, 1.54) is 11.1 Å². The maximum Gasteiger partial charge on any atom is 0.0409 e. The van der Waals surface area contributed by atoms with Crippen molar-refractivity contribution in [2.45, 2.75) is 26.3 Å². The summed E-state index contributed by atoms with van der Waals surface area (Å²) < 4.78 is 0. The maximum absolute atomic E-state index is 6.13. The Labute approximate surface area is 115 Å². The number of hydrogen-bond donors (Lipinski definition) is 1. The first-order valence-electron chi connectivity index (χ1n) is 6.56. The molecule has 0 aliphatic heterocycles. The van der Waals surface area contributed by atoms with Gasteiger partial charge in [-0.3, -0.25) is 0 Å². The lowest BCUT2D eigenvalue weighted by Crippen LogP contribution is -2.35. The monoisotopic (exact) mass is 266 g/mol. The topological polar surface area (TPSA) is 15.3 Å². The molecule has 100 valence electrons. The Morgan fingerprint density at radius 1 is 1.39 bits per heavy atom. The highest BCUT2D eigenvalue weighted by molar-refractivity contribution is 6.30. The Morgan fingerprint density at radius 2 is 2.11 bits per heavy atom. The molecule has 1 atom stereocenters. The lowest BCUT2D eigenvalue weighted by molar-refractivity contribution is 0.260. The van der Waals surface area contributed by atoms with Gasteiger partial charge < -0.3 is 10.2 Å². The zero-order chi connectivity index (χ0) is 13.3. The molecule has 0 spiro atoms. The van der Waals surface area contributed by atoms with Gasteiger partial charge in [0.25, 0.3) is 0 Å². The summed E-state index contributed by atoms with van der Waals surface area (Å²) in [6.07, 6.45) is 1.12. The van der Waals surface area contributed by atoms with Gasteiger partial charge in [-0.25, -0.2) is 0 Å². The summed E-state index contributed by atoms with van der Waals surface area (Å²) in [4.78, 5) is 2.20. The van der Waals surface area contributed by atoms with Crippen LogP contribution in [0.15, 0.2) is 18.2 Å². The number of rotatable bonds is 4. The minimum absolute atomic E-state index is 0.263. The number of nitrogens with zero attached hydrogens (tertiary/aromatic N) is 1. The number of benzene rings is 1. The van der Waals surface area contributed by atoms with Crippen LogP contribution in [0.1, 0.15) is 31.0 Å². The Morgan fingerprint density at radius 3 is 2.78 bits per heavy atom. The van der Waals surface area contributed by atoms with Gasteiger partial charge in [-0.05, 0) is 49.2 Å². The minimum atomic E-state index is 0.263. The summed E-state index contributed by atoms with van der Waals surface area (Å²) in [7, 11) is 4.21. The van der Waals surface area contributed by atoms with Crippen LogP contribution in [0.25, 0.3) is 0 Å². The van der Waals surface area contributed by atoms with E-state index >= 15 is 0 Å². The van der Waals surface area contributed by atoms with Crippen molar-refractivity contribution in [1.82, 2.24) is 10.2 Å². The van der Waals surface area contributed by atoms with Crippen molar-refractivity contribution in [3.63, 3.8) is 0 Å². The maximum atomic E-state index is 6.13. The van der Waals surface area contributed by atoms with Gasteiger partial charge >= 0.3 is 0 Å². The number of fused-ring (bicyclic) bond motifs is 1. The Bertz CT molecular complexity index is 427. The van der Waals surface area contributed by atoms with Crippen molar-refractivity contribution in [1.29, 1.82) is 0 Å². The Kier molecular flexibility index (Phi) is 4.00. The highest BCUT2D eigenvalue weighted by atomic mass is 35.5. The fourth-order valence-electron chi connectivity index (χ4n) is 2.83. The van der Waals surface area contributed by atoms with Crippen LogP contribution in [0.4, 0.5) is 0 Å². The molecule has 1 aromatic carbocycles. The van der Waals surface area contributed by atoms with Crippen molar-refractivity contribution in [2.75, 3.05) is 27.2 Å². The van der Waals surface area contributed by atoms with Crippen LogP contribution in [-0.2, 0) is 6.42 Å². The third-order valence-corrected chi connectivity index (χ3v) is 3.99. The molecule has 3 heteroatoms. The zero-order valence-electron chi connectivity index (χ0n) is 11.8. The van der Waals surface area contributed by atoms with Crippen molar-refractivity contribution < 1.29 is 0 Å². The molecule has 1 aliphatic rings. The molecule has 0 radical (unpaired) electrons. The molecule has 2 rings (SSSR count). The molecule has 1 unspecified atom stereocenters. The summed E-state index contributed by atoms with van der Waals surface area (Å²) >= 11 is 6.13. The second-order valence-electron chi connectivity index (χ2n) is 6.20. The normalized spacial score (nSPS) is 21.3. The number of likely N-dealkylation sites (N-methyl/N-ethyl adjacent to an activating group) is 1. The molecular weight excluding hydrogens is 244 g/mol. The molecule has 0 saturated carbocycles. The average Bonchev–Trinajstić information content (AvgIpc) is 2.50. The van der Waals surface area contributed by atoms with Gasteiger partial charge in [0.05, 0.1) is 0 Å². The van der Waals surface area contributed by atoms with Gasteiger partial charge in [0.1, 0.15) is 0 Å². The van der Waals surface area contributed by atoms with Gasteiger partial charge in [0.15, 0.2) is 0 Å². The first-order valence-corrected chi connectivity index (χ1v) is 6.94. The quantitative estimate of drug-likeness (QED) is 0.901. The molecule has 0 saturated heterocycles. The lowest BCUT2D eigenvalue weighted by Gasteiger charge is -2.29. The number of hydrogen-bond acceptors (Lipinski definition) is 2. The predicted molar refractivity (Wildman–Crippen MR) is 78.2 cm³/mol. The molecule has 0 aromatic heterocycles. The largest absolute Gasteiger partial charge is 0.308 e. The highest BCUT2D eigenvalue weighted by Crippen LogP contribution is 2.45. The van der Waals surface area contributed by atoms with Gasteiger partial charge in [-0.15, -0.1) is 0 Å². The molecule has 1 aromatic rings. The molecule has 0 heterocycles. The van der Waals surface area contributed by atoms with Gasteiger partial charge in [0.2, 0.25) is 0 Å². The molecular formula is C15H23ClN2. The van der Waals surface area contributed by atoms with E-state index in [1.807, 2.05) is 6.07 Å². The smallest absolute Gasteiger partial charge is 0.0409 e. The third kappa shape index (κ3) is 2.87. The summed E-state index contributed by atoms with van der Waals surface area (Å²) in [5, 5.41) is 4.53. The van der Waals surface area contributed by atoms with Crippen LogP contribution in [0.2, 0.25) is 5.02 Å². The molecule has 2 nitrogen and oxygen atoms in total. The minimum Gasteiger partial charge on any atom is -0.308 e. The zero-order valence-corrected chi connectivity index (χ0v) is 12.5. The molecule has 0 amide bonds. The van der Waals surface area contributed by atoms with E-state index in [0.717, 1.165) is 24.5 Å². The summed E-state index contributed by atoms with van der Waals surface area (Å²) in [6.45, 7) is 6.72. The summed E-state index contributed by atoms with van der Waals surface area (Å²) in [6, 6.07) is 6.70. The molecule has 18 heavy (non-hydrogen) atoms. The van der Waals surface area contributed by atoms with Crippen molar-refractivity contribution >= 4 is 11.6 Å². The van der Waals surface area contributed by atoms with Gasteiger partial charge in [-0.2, -0.15) is 0 Å². The van der Waals surface area contributed by atoms with E-state index in [1.54, 1.807) is 0 Å². The molecule has 0 fully saturated rings. The number of nitrogens with one attached hydrogen (secondary N) is 1. The van der Waals surface area contributed by atoms with E-state index < -0.39 is 0 Å². The van der Waals surface area contributed by atoms with E-state index in [9.17, 15) is 0 Å². The van der Waals surface area contributed by atoms with E-state index in [2.05, 4.69) is 50.3 Å². The van der Waals surface area contributed by atoms with Crippen LogP contribution in [0.5, 0.6) is 0 Å². The first kappa shape index (κ1) is 13.9. The standard InChI is InChI=1S/C15H23ClN2/c1-15(2)10-11-5-6-12(16)9-13(11)14(15)17-7-8-18(3)4/h5-6,9,14,17H,7-8,10H2,1-4H3. The Balaban J connectivity index is 2.15. The third-order valence-electron chi connectivity index (χ3n) is 3.75. The van der Waals surface area contributed by atoms with E-state index in [0.29, 0.717) is 6.04 Å². The molecule has 0 bridgehead atoms. The summed E-state index contributed by atoms with van der Waals surface area (Å²) in [5.41, 5.74) is 3.08. The average molecular weight is 267 g/mol. The van der Waals surface area contributed by atoms with Crippen molar-refractivity contribution in [2.24, 2.45) is 5.41 Å². The lowest BCUT2D eigenvalue weighted by atomic mass is 9.85. The molecule has 1 aliphatic carbocycles. The fourth-order valence-corrected chi connectivity index (χ4v) is 3.01. The first-order chi connectivity index (χ1) is 8.40. The van der Waals surface area contributed by atoms with Crippen LogP contribution < -0.4 is 5.32 Å². The van der Waals surface area contributed by atoms with E-state index in [-0.39, 0.29) is 5.41 Å². The predicted octanol–water partition coefficient (Wildman–Crippen LogP) is 3.11. The highest BCUT2D eigenvalue weighted by Gasteiger charge is 2.38.